The average molecular weight is 389 g/mol. The standard InChI is InChI=1S/C22H44O5/c1-20(18-24)19-27-22(26)16-12-8-5-7-11-15-21(25)14-10-6-3-2-4-9-13-17-23/h20-21,23-25H,2-19H2,1H3. The van der Waals surface area contributed by atoms with Crippen LogP contribution < -0.4 is 0 Å². The zero-order valence-electron chi connectivity index (χ0n) is 17.5. The number of unbranched alkanes of at least 4 members (excludes halogenated alkanes) is 10. The van der Waals surface area contributed by atoms with E-state index < -0.39 is 0 Å². The van der Waals surface area contributed by atoms with Crippen LogP contribution in [0.1, 0.15) is 103 Å². The van der Waals surface area contributed by atoms with Crippen LogP contribution in [-0.2, 0) is 9.53 Å². The SMILES string of the molecule is CC(CO)COC(=O)CCCCCCCC(O)CCCCCCCCCO. The molecule has 0 aliphatic carbocycles. The highest BCUT2D eigenvalue weighted by Crippen LogP contribution is 2.14. The number of carbonyl (C=O) groups is 1. The molecule has 2 unspecified atom stereocenters. The molecule has 0 fully saturated rings. The number of aliphatic hydroxyl groups is 3. The lowest BCUT2D eigenvalue weighted by Crippen LogP contribution is -2.14. The van der Waals surface area contributed by atoms with Gasteiger partial charge in [0, 0.05) is 25.6 Å². The molecule has 0 saturated heterocycles. The minimum absolute atomic E-state index is 0.0113. The van der Waals surface area contributed by atoms with Crippen LogP contribution in [0.25, 0.3) is 0 Å². The normalized spacial score (nSPS) is 13.5. The second kappa shape index (κ2) is 20.1. The zero-order chi connectivity index (χ0) is 20.2. The fraction of sp³-hybridized carbons (Fsp3) is 0.955. The Morgan fingerprint density at radius 2 is 1.26 bits per heavy atom. The molecule has 0 aromatic rings. The predicted molar refractivity (Wildman–Crippen MR) is 110 cm³/mol. The van der Waals surface area contributed by atoms with Crippen LogP contribution in [0.4, 0.5) is 0 Å². The lowest BCUT2D eigenvalue weighted by atomic mass is 10.0. The monoisotopic (exact) mass is 388 g/mol. The second-order valence-electron chi connectivity index (χ2n) is 7.92. The first-order valence-corrected chi connectivity index (χ1v) is 11.2. The van der Waals surface area contributed by atoms with Gasteiger partial charge in [-0.15, -0.1) is 0 Å². The molecule has 3 N–H and O–H groups in total. The van der Waals surface area contributed by atoms with Gasteiger partial charge in [-0.3, -0.25) is 4.79 Å². The third-order valence-electron chi connectivity index (χ3n) is 4.95. The molecular formula is C22H44O5. The largest absolute Gasteiger partial charge is 0.465 e. The molecule has 5 heteroatoms. The third kappa shape index (κ3) is 19.9. The molecule has 0 aromatic heterocycles. The van der Waals surface area contributed by atoms with E-state index in [9.17, 15) is 9.90 Å². The summed E-state index contributed by atoms with van der Waals surface area (Å²) < 4.78 is 5.09. The van der Waals surface area contributed by atoms with Crippen LogP contribution in [0.5, 0.6) is 0 Å². The van der Waals surface area contributed by atoms with Crippen molar-refractivity contribution >= 4 is 5.97 Å². The molecule has 0 radical (unpaired) electrons. The summed E-state index contributed by atoms with van der Waals surface area (Å²) in [4.78, 5) is 11.5. The lowest BCUT2D eigenvalue weighted by Gasteiger charge is -2.10. The Kier molecular flexibility index (Phi) is 19.6. The van der Waals surface area contributed by atoms with Gasteiger partial charge in [0.15, 0.2) is 0 Å². The van der Waals surface area contributed by atoms with E-state index in [-0.39, 0.29) is 24.6 Å². The van der Waals surface area contributed by atoms with Crippen LogP contribution in [0.3, 0.4) is 0 Å². The number of hydrogen-bond acceptors (Lipinski definition) is 5. The molecule has 0 saturated carbocycles. The number of aliphatic hydroxyl groups excluding tert-OH is 3. The van der Waals surface area contributed by atoms with Crippen molar-refractivity contribution < 1.29 is 24.9 Å². The van der Waals surface area contributed by atoms with Gasteiger partial charge in [0.25, 0.3) is 0 Å². The quantitative estimate of drug-likeness (QED) is 0.213. The molecule has 0 aromatic carbocycles. The Morgan fingerprint density at radius 1 is 0.778 bits per heavy atom. The lowest BCUT2D eigenvalue weighted by molar-refractivity contribution is -0.145. The molecule has 2 atom stereocenters. The molecule has 162 valence electrons. The molecule has 0 amide bonds. The fourth-order valence-electron chi connectivity index (χ4n) is 3.06. The van der Waals surface area contributed by atoms with Crippen molar-refractivity contribution in [3.63, 3.8) is 0 Å². The number of hydrogen-bond donors (Lipinski definition) is 3. The topological polar surface area (TPSA) is 87.0 Å². The minimum atomic E-state index is -0.167. The van der Waals surface area contributed by atoms with Crippen molar-refractivity contribution in [2.24, 2.45) is 5.92 Å². The van der Waals surface area contributed by atoms with Crippen LogP contribution in [-0.4, -0.2) is 47.2 Å². The second-order valence-corrected chi connectivity index (χ2v) is 7.92. The first-order chi connectivity index (χ1) is 13.1. The molecule has 5 nitrogen and oxygen atoms in total. The molecule has 27 heavy (non-hydrogen) atoms. The zero-order valence-corrected chi connectivity index (χ0v) is 17.5. The first-order valence-electron chi connectivity index (χ1n) is 11.2. The third-order valence-corrected chi connectivity index (χ3v) is 4.95. The highest BCUT2D eigenvalue weighted by atomic mass is 16.5. The van der Waals surface area contributed by atoms with Gasteiger partial charge in [0.1, 0.15) is 0 Å². The summed E-state index contributed by atoms with van der Waals surface area (Å²) in [6, 6.07) is 0. The Labute approximate surface area is 166 Å². The van der Waals surface area contributed by atoms with Crippen molar-refractivity contribution in [3.8, 4) is 0 Å². The maximum atomic E-state index is 11.5. The maximum absolute atomic E-state index is 11.5. The van der Waals surface area contributed by atoms with Gasteiger partial charge in [-0.1, -0.05) is 71.1 Å². The number of carbonyl (C=O) groups excluding carboxylic acids is 1. The minimum Gasteiger partial charge on any atom is -0.465 e. The summed E-state index contributed by atoms with van der Waals surface area (Å²) in [6.07, 6.45) is 15.3. The predicted octanol–water partition coefficient (Wildman–Crippen LogP) is 4.36. The van der Waals surface area contributed by atoms with Gasteiger partial charge in [-0.25, -0.2) is 0 Å². The smallest absolute Gasteiger partial charge is 0.305 e. The Hall–Kier alpha value is -0.650. The highest BCUT2D eigenvalue weighted by molar-refractivity contribution is 5.69. The van der Waals surface area contributed by atoms with Gasteiger partial charge < -0.3 is 20.1 Å². The Bertz CT molecular complexity index is 322. The van der Waals surface area contributed by atoms with E-state index in [1.54, 1.807) is 0 Å². The van der Waals surface area contributed by atoms with Crippen molar-refractivity contribution in [2.75, 3.05) is 19.8 Å². The molecule has 0 aliphatic heterocycles. The van der Waals surface area contributed by atoms with Gasteiger partial charge in [0.05, 0.1) is 12.7 Å². The maximum Gasteiger partial charge on any atom is 0.305 e. The Balaban J connectivity index is 3.29. The van der Waals surface area contributed by atoms with Gasteiger partial charge in [-0.05, 0) is 25.7 Å². The number of ether oxygens (including phenoxy) is 1. The Morgan fingerprint density at radius 3 is 1.78 bits per heavy atom. The first kappa shape index (κ1) is 26.4. The molecule has 0 bridgehead atoms. The summed E-state index contributed by atoms with van der Waals surface area (Å²) >= 11 is 0. The van der Waals surface area contributed by atoms with E-state index in [0.29, 0.717) is 19.6 Å². The molecule has 0 heterocycles. The van der Waals surface area contributed by atoms with Crippen molar-refractivity contribution in [2.45, 2.75) is 109 Å². The summed E-state index contributed by atoms with van der Waals surface area (Å²) in [5, 5.41) is 27.6. The average Bonchev–Trinajstić information content (AvgIpc) is 2.67. The van der Waals surface area contributed by atoms with Crippen LogP contribution in [0, 0.1) is 5.92 Å². The number of rotatable bonds is 20. The molecule has 0 spiro atoms. The van der Waals surface area contributed by atoms with Crippen LogP contribution >= 0.6 is 0 Å². The summed E-state index contributed by atoms with van der Waals surface area (Å²) in [7, 11) is 0. The molecule has 0 rings (SSSR count). The van der Waals surface area contributed by atoms with Crippen LogP contribution in [0.15, 0.2) is 0 Å². The summed E-state index contributed by atoms with van der Waals surface area (Å²) in [5.74, 6) is -0.156. The van der Waals surface area contributed by atoms with E-state index >= 15 is 0 Å². The van der Waals surface area contributed by atoms with Gasteiger partial charge >= 0.3 is 5.97 Å². The number of esters is 1. The van der Waals surface area contributed by atoms with Crippen molar-refractivity contribution in [1.82, 2.24) is 0 Å². The van der Waals surface area contributed by atoms with E-state index in [2.05, 4.69) is 0 Å². The van der Waals surface area contributed by atoms with Crippen molar-refractivity contribution in [1.29, 1.82) is 0 Å². The highest BCUT2D eigenvalue weighted by Gasteiger charge is 2.07. The summed E-state index contributed by atoms with van der Waals surface area (Å²) in [6.45, 7) is 2.51. The molecular weight excluding hydrogens is 344 g/mol. The van der Waals surface area contributed by atoms with E-state index in [1.165, 1.54) is 25.7 Å². The van der Waals surface area contributed by atoms with Crippen molar-refractivity contribution in [3.05, 3.63) is 0 Å². The van der Waals surface area contributed by atoms with Gasteiger partial charge in [0.2, 0.25) is 0 Å². The van der Waals surface area contributed by atoms with Crippen LogP contribution in [0.2, 0.25) is 0 Å². The fourth-order valence-corrected chi connectivity index (χ4v) is 3.06. The van der Waals surface area contributed by atoms with E-state index in [4.69, 9.17) is 14.9 Å². The summed E-state index contributed by atoms with van der Waals surface area (Å²) in [5.41, 5.74) is 0. The van der Waals surface area contributed by atoms with E-state index in [1.807, 2.05) is 6.92 Å². The van der Waals surface area contributed by atoms with E-state index in [0.717, 1.165) is 64.2 Å². The molecule has 0 aliphatic rings. The van der Waals surface area contributed by atoms with Gasteiger partial charge in [-0.2, -0.15) is 0 Å².